The number of carbonyl (C=O) groups is 1. The summed E-state index contributed by atoms with van der Waals surface area (Å²) in [6, 6.07) is 4.71. The van der Waals surface area contributed by atoms with Crippen molar-refractivity contribution < 1.29 is 9.72 Å². The fourth-order valence-electron chi connectivity index (χ4n) is 1.35. The van der Waals surface area contributed by atoms with Crippen molar-refractivity contribution in [1.82, 2.24) is 0 Å². The minimum absolute atomic E-state index is 0.119. The van der Waals surface area contributed by atoms with Gasteiger partial charge in [-0.3, -0.25) is 14.9 Å². The van der Waals surface area contributed by atoms with E-state index < -0.39 is 4.92 Å². The number of rotatable bonds is 5. The summed E-state index contributed by atoms with van der Waals surface area (Å²) in [5.41, 5.74) is 0.0642. The molecule has 0 amide bonds. The summed E-state index contributed by atoms with van der Waals surface area (Å²) < 4.78 is 0. The molecule has 4 nitrogen and oxygen atoms in total. The van der Waals surface area contributed by atoms with Gasteiger partial charge < -0.3 is 0 Å². The molecule has 0 saturated carbocycles. The van der Waals surface area contributed by atoms with Crippen LogP contribution in [0.1, 0.15) is 37.6 Å². The number of benzene rings is 1. The number of ketones is 1. The van der Waals surface area contributed by atoms with E-state index in [4.69, 9.17) is 0 Å². The maximum atomic E-state index is 11.4. The number of nitro benzene ring substituents is 1. The zero-order valence-electron chi connectivity index (χ0n) is 10.1. The smallest absolute Gasteiger partial charge is 0.280 e. The fourth-order valence-corrected chi connectivity index (χ4v) is 2.31. The average Bonchev–Trinajstić information content (AvgIpc) is 2.28. The zero-order valence-corrected chi connectivity index (χ0v) is 10.9. The Morgan fingerprint density at radius 2 is 2.18 bits per heavy atom. The van der Waals surface area contributed by atoms with Crippen LogP contribution in [0.4, 0.5) is 5.69 Å². The summed E-state index contributed by atoms with van der Waals surface area (Å²) in [4.78, 5) is 22.5. The molecule has 1 atom stereocenters. The van der Waals surface area contributed by atoms with Crippen molar-refractivity contribution in [2.24, 2.45) is 0 Å². The second kappa shape index (κ2) is 5.82. The van der Waals surface area contributed by atoms with Crippen molar-refractivity contribution in [1.29, 1.82) is 0 Å². The van der Waals surface area contributed by atoms with Crippen LogP contribution in [0.5, 0.6) is 0 Å². The number of nitro groups is 1. The lowest BCUT2D eigenvalue weighted by Gasteiger charge is -2.09. The largest absolute Gasteiger partial charge is 0.294 e. The van der Waals surface area contributed by atoms with E-state index >= 15 is 0 Å². The van der Waals surface area contributed by atoms with E-state index in [9.17, 15) is 14.9 Å². The Kier molecular flexibility index (Phi) is 4.69. The predicted octanol–water partition coefficient (Wildman–Crippen LogP) is 3.69. The van der Waals surface area contributed by atoms with Crippen LogP contribution in [0.3, 0.4) is 0 Å². The van der Waals surface area contributed by atoms with E-state index in [1.807, 2.05) is 0 Å². The Bertz CT molecular complexity index is 445. The van der Waals surface area contributed by atoms with Crippen molar-refractivity contribution in [2.45, 2.75) is 37.3 Å². The third-order valence-corrected chi connectivity index (χ3v) is 3.72. The van der Waals surface area contributed by atoms with Crippen molar-refractivity contribution in [2.75, 3.05) is 0 Å². The quantitative estimate of drug-likeness (QED) is 0.347. The maximum absolute atomic E-state index is 11.4. The molecule has 0 heterocycles. The van der Waals surface area contributed by atoms with Gasteiger partial charge in [-0.1, -0.05) is 13.8 Å². The first kappa shape index (κ1) is 13.7. The molecule has 0 fully saturated rings. The second-order valence-corrected chi connectivity index (χ2v) is 5.34. The van der Waals surface area contributed by atoms with E-state index in [1.165, 1.54) is 13.0 Å². The predicted molar refractivity (Wildman–Crippen MR) is 68.7 cm³/mol. The summed E-state index contributed by atoms with van der Waals surface area (Å²) in [5, 5.41) is 11.2. The van der Waals surface area contributed by atoms with Crippen LogP contribution in [-0.2, 0) is 0 Å². The van der Waals surface area contributed by atoms with Gasteiger partial charge in [-0.15, -0.1) is 11.8 Å². The van der Waals surface area contributed by atoms with Gasteiger partial charge in [-0.25, -0.2) is 0 Å². The third kappa shape index (κ3) is 3.56. The summed E-state index contributed by atoms with van der Waals surface area (Å²) in [6.45, 7) is 5.51. The number of hydrogen-bond acceptors (Lipinski definition) is 4. The molecule has 0 aliphatic rings. The molecule has 1 unspecified atom stereocenters. The van der Waals surface area contributed by atoms with Crippen molar-refractivity contribution >= 4 is 23.2 Å². The van der Waals surface area contributed by atoms with E-state index in [0.717, 1.165) is 11.3 Å². The highest BCUT2D eigenvalue weighted by molar-refractivity contribution is 7.99. The fraction of sp³-hybridized carbons (Fsp3) is 0.417. The maximum Gasteiger partial charge on any atom is 0.280 e. The molecule has 17 heavy (non-hydrogen) atoms. The van der Waals surface area contributed by atoms with Gasteiger partial charge in [0.1, 0.15) is 0 Å². The Labute approximate surface area is 105 Å². The first-order valence-electron chi connectivity index (χ1n) is 5.41. The highest BCUT2D eigenvalue weighted by Gasteiger charge is 2.18. The summed E-state index contributed by atoms with van der Waals surface area (Å²) in [7, 11) is 0. The number of carbonyl (C=O) groups excluding carboxylic acids is 1. The standard InChI is InChI=1S/C12H15NO3S/c1-4-8(2)17-10-5-6-12(13(15)16)11(7-10)9(3)14/h5-8H,4H2,1-3H3. The molecule has 1 aromatic rings. The topological polar surface area (TPSA) is 60.2 Å². The first-order valence-corrected chi connectivity index (χ1v) is 6.29. The van der Waals surface area contributed by atoms with Crippen LogP contribution in [0.25, 0.3) is 0 Å². The van der Waals surface area contributed by atoms with Crippen LogP contribution in [0.2, 0.25) is 0 Å². The average molecular weight is 253 g/mol. The molecule has 92 valence electrons. The molecular weight excluding hydrogens is 238 g/mol. The molecule has 5 heteroatoms. The van der Waals surface area contributed by atoms with Gasteiger partial charge in [0.15, 0.2) is 5.78 Å². The highest BCUT2D eigenvalue weighted by Crippen LogP contribution is 2.29. The SMILES string of the molecule is CCC(C)Sc1ccc([N+](=O)[O-])c(C(C)=O)c1. The number of thioether (sulfide) groups is 1. The highest BCUT2D eigenvalue weighted by atomic mass is 32.2. The summed E-state index contributed by atoms with van der Waals surface area (Å²) >= 11 is 1.62. The second-order valence-electron chi connectivity index (χ2n) is 3.83. The molecule has 0 bridgehead atoms. The van der Waals surface area contributed by atoms with Crippen molar-refractivity contribution in [3.05, 3.63) is 33.9 Å². The van der Waals surface area contributed by atoms with Crippen LogP contribution >= 0.6 is 11.8 Å². The van der Waals surface area contributed by atoms with Crippen LogP contribution in [-0.4, -0.2) is 16.0 Å². The molecule has 0 aliphatic heterocycles. The van der Waals surface area contributed by atoms with Crippen LogP contribution in [0.15, 0.2) is 23.1 Å². The summed E-state index contributed by atoms with van der Waals surface area (Å²) in [6.07, 6.45) is 1.01. The van der Waals surface area contributed by atoms with Gasteiger partial charge in [0.25, 0.3) is 5.69 Å². The number of nitrogens with zero attached hydrogens (tertiary/aromatic N) is 1. The lowest BCUT2D eigenvalue weighted by molar-refractivity contribution is -0.385. The normalized spacial score (nSPS) is 12.2. The minimum atomic E-state index is -0.519. The molecule has 0 N–H and O–H groups in total. The third-order valence-electron chi connectivity index (χ3n) is 2.46. The molecule has 0 aromatic heterocycles. The number of Topliss-reactive ketones (excluding diaryl/α,β-unsaturated/α-hetero) is 1. The summed E-state index contributed by atoms with van der Waals surface area (Å²) in [5.74, 6) is -0.275. The molecule has 0 saturated heterocycles. The monoisotopic (exact) mass is 253 g/mol. The van der Waals surface area contributed by atoms with E-state index in [-0.39, 0.29) is 17.0 Å². The Morgan fingerprint density at radius 3 is 2.65 bits per heavy atom. The molecule has 0 spiro atoms. The number of hydrogen-bond donors (Lipinski definition) is 0. The van der Waals surface area contributed by atoms with Gasteiger partial charge in [-0.2, -0.15) is 0 Å². The Balaban J connectivity index is 3.10. The van der Waals surface area contributed by atoms with Crippen molar-refractivity contribution in [3.63, 3.8) is 0 Å². The zero-order chi connectivity index (χ0) is 13.0. The van der Waals surface area contributed by atoms with E-state index in [1.54, 1.807) is 23.9 Å². The van der Waals surface area contributed by atoms with Gasteiger partial charge in [0, 0.05) is 16.2 Å². The molecule has 1 aromatic carbocycles. The van der Waals surface area contributed by atoms with Gasteiger partial charge >= 0.3 is 0 Å². The molecule has 0 radical (unpaired) electrons. The van der Waals surface area contributed by atoms with Crippen LogP contribution < -0.4 is 0 Å². The molecule has 0 aliphatic carbocycles. The van der Waals surface area contributed by atoms with Gasteiger partial charge in [-0.05, 0) is 25.5 Å². The molecular formula is C12H15NO3S. The minimum Gasteiger partial charge on any atom is -0.294 e. The van der Waals surface area contributed by atoms with E-state index in [2.05, 4.69) is 13.8 Å². The first-order chi connectivity index (χ1) is 7.95. The lowest BCUT2D eigenvalue weighted by Crippen LogP contribution is -2.01. The van der Waals surface area contributed by atoms with E-state index in [0.29, 0.717) is 5.25 Å². The lowest BCUT2D eigenvalue weighted by atomic mass is 10.1. The van der Waals surface area contributed by atoms with Crippen molar-refractivity contribution in [3.8, 4) is 0 Å². The Morgan fingerprint density at radius 1 is 1.53 bits per heavy atom. The van der Waals surface area contributed by atoms with Gasteiger partial charge in [0.05, 0.1) is 10.5 Å². The van der Waals surface area contributed by atoms with Crippen LogP contribution in [0, 0.1) is 10.1 Å². The van der Waals surface area contributed by atoms with Gasteiger partial charge in [0.2, 0.25) is 0 Å². The Hall–Kier alpha value is -1.36. The molecule has 1 rings (SSSR count).